The number of benzene rings is 3. The Balaban J connectivity index is 1.21. The molecule has 1 aliphatic heterocycles. The molecule has 0 atom stereocenters. The summed E-state index contributed by atoms with van der Waals surface area (Å²) < 4.78 is 7.66. The van der Waals surface area contributed by atoms with Gasteiger partial charge in [-0.15, -0.1) is 10.2 Å². The van der Waals surface area contributed by atoms with Crippen LogP contribution in [0.2, 0.25) is 0 Å². The van der Waals surface area contributed by atoms with Crippen LogP contribution in [-0.2, 0) is 11.2 Å². The zero-order chi connectivity index (χ0) is 26.9. The lowest BCUT2D eigenvalue weighted by atomic mass is 10.1. The molecule has 1 saturated heterocycles. The summed E-state index contributed by atoms with van der Waals surface area (Å²) in [5, 5.41) is 9.68. The van der Waals surface area contributed by atoms with E-state index in [1.165, 1.54) is 17.3 Å². The molecule has 0 bridgehead atoms. The van der Waals surface area contributed by atoms with Gasteiger partial charge in [-0.25, -0.2) is 0 Å². The molecule has 39 heavy (non-hydrogen) atoms. The predicted octanol–water partition coefficient (Wildman–Crippen LogP) is 4.82. The molecular weight excluding hydrogens is 506 g/mol. The fourth-order valence-corrected chi connectivity index (χ4v) is 5.51. The highest BCUT2D eigenvalue weighted by atomic mass is 32.2. The van der Waals surface area contributed by atoms with Gasteiger partial charge in [0.1, 0.15) is 11.6 Å². The van der Waals surface area contributed by atoms with Gasteiger partial charge in [0.25, 0.3) is 0 Å². The van der Waals surface area contributed by atoms with E-state index in [-0.39, 0.29) is 5.91 Å². The molecule has 4 aromatic rings. The molecule has 0 spiro atoms. The Morgan fingerprint density at radius 1 is 0.897 bits per heavy atom. The molecule has 200 valence electrons. The number of aromatic nitrogens is 3. The molecule has 0 saturated carbocycles. The quantitative estimate of drug-likeness (QED) is 0.270. The Labute approximate surface area is 234 Å². The van der Waals surface area contributed by atoms with E-state index in [0.717, 1.165) is 55.5 Å². The SMILES string of the molecule is COc1ccccc1-n1c(Cc2ccccc2)nnc1SCC(=O)N1CCN(CC=Cc2ccccc2)CC1. The summed E-state index contributed by atoms with van der Waals surface area (Å²) in [5.74, 6) is 1.97. The van der Waals surface area contributed by atoms with Gasteiger partial charge in [-0.05, 0) is 23.3 Å². The fraction of sp³-hybridized carbons (Fsp3) is 0.258. The minimum Gasteiger partial charge on any atom is -0.495 e. The number of thioether (sulfide) groups is 1. The van der Waals surface area contributed by atoms with E-state index in [9.17, 15) is 4.79 Å². The van der Waals surface area contributed by atoms with Gasteiger partial charge in [0.15, 0.2) is 5.16 Å². The second-order valence-electron chi connectivity index (χ2n) is 9.35. The number of hydrogen-bond acceptors (Lipinski definition) is 6. The van der Waals surface area contributed by atoms with Crippen LogP contribution in [0.3, 0.4) is 0 Å². The molecule has 0 aliphatic carbocycles. The first-order valence-corrected chi connectivity index (χ1v) is 14.2. The van der Waals surface area contributed by atoms with E-state index < -0.39 is 0 Å². The monoisotopic (exact) mass is 539 g/mol. The molecule has 0 N–H and O–H groups in total. The molecule has 3 aromatic carbocycles. The topological polar surface area (TPSA) is 63.5 Å². The normalized spacial score (nSPS) is 14.1. The Morgan fingerprint density at radius 3 is 2.33 bits per heavy atom. The van der Waals surface area contributed by atoms with E-state index in [1.807, 2.05) is 70.1 Å². The number of carbonyl (C=O) groups is 1. The first-order valence-electron chi connectivity index (χ1n) is 13.2. The third-order valence-electron chi connectivity index (χ3n) is 6.75. The van der Waals surface area contributed by atoms with Crippen molar-refractivity contribution in [1.29, 1.82) is 0 Å². The number of rotatable bonds is 10. The molecule has 0 radical (unpaired) electrons. The highest BCUT2D eigenvalue weighted by Gasteiger charge is 2.23. The van der Waals surface area contributed by atoms with Crippen LogP contribution in [0.4, 0.5) is 0 Å². The Bertz CT molecular complexity index is 1380. The molecular formula is C31H33N5O2S. The molecule has 2 heterocycles. The van der Waals surface area contributed by atoms with Crippen LogP contribution in [0.15, 0.2) is 96.2 Å². The van der Waals surface area contributed by atoms with Crippen molar-refractivity contribution in [2.24, 2.45) is 0 Å². The van der Waals surface area contributed by atoms with Crippen molar-refractivity contribution >= 4 is 23.7 Å². The maximum atomic E-state index is 13.1. The third kappa shape index (κ3) is 6.96. The molecule has 0 unspecified atom stereocenters. The number of hydrogen-bond donors (Lipinski definition) is 0. The van der Waals surface area contributed by atoms with Crippen molar-refractivity contribution in [3.63, 3.8) is 0 Å². The van der Waals surface area contributed by atoms with Crippen molar-refractivity contribution in [1.82, 2.24) is 24.6 Å². The van der Waals surface area contributed by atoms with Crippen LogP contribution in [0.1, 0.15) is 17.0 Å². The molecule has 1 aromatic heterocycles. The second-order valence-corrected chi connectivity index (χ2v) is 10.3. The lowest BCUT2D eigenvalue weighted by molar-refractivity contribution is -0.130. The predicted molar refractivity (Wildman–Crippen MR) is 156 cm³/mol. The number of methoxy groups -OCH3 is 1. The van der Waals surface area contributed by atoms with E-state index in [2.05, 4.69) is 51.5 Å². The zero-order valence-corrected chi connectivity index (χ0v) is 23.0. The molecule has 8 heteroatoms. The number of amides is 1. The first kappa shape index (κ1) is 26.7. The van der Waals surface area contributed by atoms with E-state index >= 15 is 0 Å². The zero-order valence-electron chi connectivity index (χ0n) is 22.1. The largest absolute Gasteiger partial charge is 0.495 e. The number of carbonyl (C=O) groups excluding carboxylic acids is 1. The molecule has 5 rings (SSSR count). The molecule has 1 amide bonds. The summed E-state index contributed by atoms with van der Waals surface area (Å²) in [5.41, 5.74) is 3.21. The fourth-order valence-electron chi connectivity index (χ4n) is 4.64. The van der Waals surface area contributed by atoms with Gasteiger partial charge in [0, 0.05) is 39.1 Å². The lowest BCUT2D eigenvalue weighted by Gasteiger charge is -2.34. The first-order chi connectivity index (χ1) is 19.2. The second kappa shape index (κ2) is 13.3. The summed E-state index contributed by atoms with van der Waals surface area (Å²) >= 11 is 1.42. The number of para-hydroxylation sites is 2. The maximum absolute atomic E-state index is 13.1. The van der Waals surface area contributed by atoms with E-state index in [1.54, 1.807) is 7.11 Å². The molecule has 1 aliphatic rings. The number of nitrogens with zero attached hydrogens (tertiary/aromatic N) is 5. The summed E-state index contributed by atoms with van der Waals surface area (Å²) in [6.07, 6.45) is 4.97. The maximum Gasteiger partial charge on any atom is 0.233 e. The molecule has 7 nitrogen and oxygen atoms in total. The average Bonchev–Trinajstić information content (AvgIpc) is 3.39. The highest BCUT2D eigenvalue weighted by Crippen LogP contribution is 2.29. The van der Waals surface area contributed by atoms with E-state index in [0.29, 0.717) is 17.3 Å². The summed E-state index contributed by atoms with van der Waals surface area (Å²) in [6, 6.07) is 28.4. The van der Waals surface area contributed by atoms with Crippen molar-refractivity contribution < 1.29 is 9.53 Å². The molecule has 1 fully saturated rings. The average molecular weight is 540 g/mol. The van der Waals surface area contributed by atoms with Crippen LogP contribution in [0.5, 0.6) is 5.75 Å². The minimum atomic E-state index is 0.124. The Morgan fingerprint density at radius 2 is 1.59 bits per heavy atom. The van der Waals surface area contributed by atoms with Gasteiger partial charge in [-0.1, -0.05) is 96.7 Å². The van der Waals surface area contributed by atoms with Crippen molar-refractivity contribution in [3.8, 4) is 11.4 Å². The summed E-state index contributed by atoms with van der Waals surface area (Å²) in [6.45, 7) is 4.09. The summed E-state index contributed by atoms with van der Waals surface area (Å²) in [4.78, 5) is 17.5. The number of piperazine rings is 1. The minimum absolute atomic E-state index is 0.124. The standard InChI is InChI=1S/C31H33N5O2S/c1-38-28-17-9-8-16-27(28)36-29(23-26-13-6-3-7-14-26)32-33-31(36)39-24-30(37)35-21-19-34(20-22-35)18-10-15-25-11-4-2-5-12-25/h2-17H,18-24H2,1H3. The Hall–Kier alpha value is -3.88. The Kier molecular flexibility index (Phi) is 9.09. The van der Waals surface area contributed by atoms with Gasteiger partial charge in [0.2, 0.25) is 5.91 Å². The lowest BCUT2D eigenvalue weighted by Crippen LogP contribution is -2.49. The van der Waals surface area contributed by atoms with Crippen LogP contribution in [-0.4, -0.2) is 76.1 Å². The van der Waals surface area contributed by atoms with Crippen molar-refractivity contribution in [3.05, 3.63) is 108 Å². The van der Waals surface area contributed by atoms with Crippen LogP contribution in [0, 0.1) is 0 Å². The van der Waals surface area contributed by atoms with Crippen LogP contribution >= 0.6 is 11.8 Å². The summed E-state index contributed by atoms with van der Waals surface area (Å²) in [7, 11) is 1.66. The van der Waals surface area contributed by atoms with Gasteiger partial charge in [0.05, 0.1) is 18.6 Å². The van der Waals surface area contributed by atoms with Crippen LogP contribution < -0.4 is 4.74 Å². The van der Waals surface area contributed by atoms with Crippen LogP contribution in [0.25, 0.3) is 11.8 Å². The van der Waals surface area contributed by atoms with Gasteiger partial charge in [-0.3, -0.25) is 14.3 Å². The third-order valence-corrected chi connectivity index (χ3v) is 7.67. The van der Waals surface area contributed by atoms with Crippen molar-refractivity contribution in [2.45, 2.75) is 11.6 Å². The number of ether oxygens (including phenoxy) is 1. The van der Waals surface area contributed by atoms with Crippen molar-refractivity contribution in [2.75, 3.05) is 45.6 Å². The van der Waals surface area contributed by atoms with Gasteiger partial charge in [-0.2, -0.15) is 0 Å². The van der Waals surface area contributed by atoms with Gasteiger partial charge < -0.3 is 9.64 Å². The van der Waals surface area contributed by atoms with Gasteiger partial charge >= 0.3 is 0 Å². The van der Waals surface area contributed by atoms with E-state index in [4.69, 9.17) is 4.74 Å². The smallest absolute Gasteiger partial charge is 0.233 e. The highest BCUT2D eigenvalue weighted by molar-refractivity contribution is 7.99.